The number of nitrogens with one attached hydrogen (secondary N) is 2. The van der Waals surface area contributed by atoms with E-state index in [0.29, 0.717) is 18.0 Å². The van der Waals surface area contributed by atoms with Gasteiger partial charge in [0, 0.05) is 28.6 Å². The number of thiophene rings is 1. The standard InChI is InChI=1S/C25H26N4O3S/c1-15-11-21(28-32-15)27-22(31)14-29-18-8-5-4-7-16(18)26-17-12-25(2,3)13-19(30)23(17)24(29)20-9-6-10-33-20/h4-11,24,26H,12-14H2,1-3H3,(H,27,28,31)/t24-/m1/s1. The molecule has 0 unspecified atom stereocenters. The lowest BCUT2D eigenvalue weighted by Gasteiger charge is -2.37. The predicted molar refractivity (Wildman–Crippen MR) is 129 cm³/mol. The zero-order valence-electron chi connectivity index (χ0n) is 18.8. The Bertz CT molecular complexity index is 1240. The topological polar surface area (TPSA) is 87.5 Å². The number of benzene rings is 1. The van der Waals surface area contributed by atoms with E-state index < -0.39 is 0 Å². The number of aromatic nitrogens is 1. The number of carbonyl (C=O) groups is 2. The van der Waals surface area contributed by atoms with Crippen LogP contribution < -0.4 is 15.5 Å². The average Bonchev–Trinajstić information content (AvgIpc) is 3.38. The maximum absolute atomic E-state index is 13.5. The highest BCUT2D eigenvalue weighted by molar-refractivity contribution is 7.10. The molecule has 2 N–H and O–H groups in total. The van der Waals surface area contributed by atoms with Crippen LogP contribution in [0, 0.1) is 12.3 Å². The van der Waals surface area contributed by atoms with Crippen LogP contribution in [-0.4, -0.2) is 23.4 Å². The Balaban J connectivity index is 1.61. The Kier molecular flexibility index (Phi) is 5.32. The van der Waals surface area contributed by atoms with E-state index in [0.717, 1.165) is 33.9 Å². The number of anilines is 3. The van der Waals surface area contributed by atoms with Gasteiger partial charge in [0.2, 0.25) is 5.91 Å². The number of aryl methyl sites for hydroxylation is 1. The van der Waals surface area contributed by atoms with Gasteiger partial charge >= 0.3 is 0 Å². The summed E-state index contributed by atoms with van der Waals surface area (Å²) < 4.78 is 5.08. The minimum atomic E-state index is -0.357. The second-order valence-electron chi connectivity index (χ2n) is 9.39. The molecule has 0 spiro atoms. The zero-order chi connectivity index (χ0) is 23.2. The Labute approximate surface area is 196 Å². The molecule has 2 aromatic heterocycles. The molecule has 0 bridgehead atoms. The Morgan fingerprint density at radius 1 is 1.27 bits per heavy atom. The van der Waals surface area contributed by atoms with E-state index in [9.17, 15) is 9.59 Å². The number of amides is 1. The van der Waals surface area contributed by atoms with Crippen LogP contribution in [0.1, 0.15) is 43.4 Å². The number of fused-ring (bicyclic) bond motifs is 1. The minimum Gasteiger partial charge on any atom is -0.360 e. The van der Waals surface area contributed by atoms with Crippen molar-refractivity contribution in [3.63, 3.8) is 0 Å². The molecule has 1 amide bonds. The Morgan fingerprint density at radius 2 is 2.09 bits per heavy atom. The monoisotopic (exact) mass is 462 g/mol. The van der Waals surface area contributed by atoms with E-state index in [2.05, 4.69) is 29.6 Å². The van der Waals surface area contributed by atoms with Crippen molar-refractivity contribution < 1.29 is 14.1 Å². The van der Waals surface area contributed by atoms with Gasteiger partial charge in [0.25, 0.3) is 0 Å². The summed E-state index contributed by atoms with van der Waals surface area (Å²) >= 11 is 1.59. The molecule has 0 saturated carbocycles. The smallest absolute Gasteiger partial charge is 0.245 e. The molecular formula is C25H26N4O3S. The maximum atomic E-state index is 13.5. The van der Waals surface area contributed by atoms with E-state index in [4.69, 9.17) is 4.52 Å². The normalized spacial score (nSPS) is 19.4. The van der Waals surface area contributed by atoms with Gasteiger partial charge in [-0.2, -0.15) is 0 Å². The summed E-state index contributed by atoms with van der Waals surface area (Å²) in [6.45, 7) is 6.08. The molecule has 7 nitrogen and oxygen atoms in total. The highest BCUT2D eigenvalue weighted by Gasteiger charge is 2.42. The Morgan fingerprint density at radius 3 is 2.82 bits per heavy atom. The molecule has 1 aliphatic heterocycles. The van der Waals surface area contributed by atoms with E-state index in [1.165, 1.54) is 0 Å². The van der Waals surface area contributed by atoms with Gasteiger partial charge in [0.15, 0.2) is 11.6 Å². The van der Waals surface area contributed by atoms with Crippen molar-refractivity contribution in [3.05, 3.63) is 69.8 Å². The van der Waals surface area contributed by atoms with Crippen LogP contribution in [0.15, 0.2) is 63.6 Å². The van der Waals surface area contributed by atoms with Crippen molar-refractivity contribution in [2.24, 2.45) is 5.41 Å². The number of ketones is 1. The van der Waals surface area contributed by atoms with Gasteiger partial charge in [0.1, 0.15) is 5.76 Å². The molecule has 170 valence electrons. The molecule has 3 aromatic rings. The molecule has 1 atom stereocenters. The first-order valence-electron chi connectivity index (χ1n) is 11.0. The van der Waals surface area contributed by atoms with Crippen molar-refractivity contribution in [1.82, 2.24) is 5.16 Å². The predicted octanol–water partition coefficient (Wildman–Crippen LogP) is 5.30. The van der Waals surface area contributed by atoms with Crippen LogP contribution in [0.25, 0.3) is 0 Å². The minimum absolute atomic E-state index is 0.0562. The number of allylic oxidation sites excluding steroid dienone is 1. The van der Waals surface area contributed by atoms with Crippen LogP contribution in [0.2, 0.25) is 0 Å². The summed E-state index contributed by atoms with van der Waals surface area (Å²) in [7, 11) is 0. The van der Waals surface area contributed by atoms with E-state index >= 15 is 0 Å². The second-order valence-corrected chi connectivity index (χ2v) is 10.4. The van der Waals surface area contributed by atoms with Crippen molar-refractivity contribution in [3.8, 4) is 0 Å². The number of rotatable bonds is 4. The van der Waals surface area contributed by atoms with Gasteiger partial charge in [0.05, 0.1) is 24.0 Å². The number of para-hydroxylation sites is 2. The quantitative estimate of drug-likeness (QED) is 0.547. The van der Waals surface area contributed by atoms with Crippen LogP contribution in [-0.2, 0) is 9.59 Å². The fourth-order valence-corrected chi connectivity index (χ4v) is 5.58. The van der Waals surface area contributed by atoms with Gasteiger partial charge in [-0.15, -0.1) is 11.3 Å². The average molecular weight is 463 g/mol. The van der Waals surface area contributed by atoms with Crippen LogP contribution in [0.3, 0.4) is 0 Å². The van der Waals surface area contributed by atoms with E-state index in [-0.39, 0.29) is 29.7 Å². The summed E-state index contributed by atoms with van der Waals surface area (Å²) in [5.74, 6) is 0.892. The number of hydrogen-bond acceptors (Lipinski definition) is 7. The van der Waals surface area contributed by atoms with Crippen molar-refractivity contribution in [1.29, 1.82) is 0 Å². The third-order valence-corrected chi connectivity index (χ3v) is 6.95. The Hall–Kier alpha value is -3.39. The molecule has 0 fully saturated rings. The third kappa shape index (κ3) is 4.18. The van der Waals surface area contributed by atoms with Crippen LogP contribution >= 0.6 is 11.3 Å². The molecule has 8 heteroatoms. The third-order valence-electron chi connectivity index (χ3n) is 6.03. The first-order chi connectivity index (χ1) is 15.8. The summed E-state index contributed by atoms with van der Waals surface area (Å²) in [5.41, 5.74) is 3.33. The van der Waals surface area contributed by atoms with Crippen molar-refractivity contribution in [2.45, 2.75) is 39.7 Å². The van der Waals surface area contributed by atoms with Gasteiger partial charge in [-0.25, -0.2) is 0 Å². The van der Waals surface area contributed by atoms with Crippen molar-refractivity contribution >= 4 is 40.2 Å². The van der Waals surface area contributed by atoms with Crippen molar-refractivity contribution in [2.75, 3.05) is 22.1 Å². The molecule has 0 radical (unpaired) electrons. The highest BCUT2D eigenvalue weighted by atomic mass is 32.1. The summed E-state index contributed by atoms with van der Waals surface area (Å²) in [5, 5.41) is 12.3. The van der Waals surface area contributed by atoms with Crippen LogP contribution in [0.4, 0.5) is 17.2 Å². The summed E-state index contributed by atoms with van der Waals surface area (Å²) in [6.07, 6.45) is 1.24. The fourth-order valence-electron chi connectivity index (χ4n) is 4.73. The fraction of sp³-hybridized carbons (Fsp3) is 0.320. The SMILES string of the molecule is Cc1cc(NC(=O)CN2c3ccccc3NC3=C(C(=O)CC(C)(C)C3)[C@H]2c2cccs2)no1. The van der Waals surface area contributed by atoms with E-state index in [1.807, 2.05) is 46.7 Å². The summed E-state index contributed by atoms with van der Waals surface area (Å²) in [4.78, 5) is 29.7. The number of nitrogens with zero attached hydrogens (tertiary/aromatic N) is 2. The van der Waals surface area contributed by atoms with Crippen LogP contribution in [0.5, 0.6) is 0 Å². The molecule has 0 saturated heterocycles. The molecule has 3 heterocycles. The molecule has 1 aliphatic carbocycles. The van der Waals surface area contributed by atoms with E-state index in [1.54, 1.807) is 24.3 Å². The zero-order valence-corrected chi connectivity index (χ0v) is 19.7. The van der Waals surface area contributed by atoms with Gasteiger partial charge in [-0.1, -0.05) is 37.2 Å². The molecule has 1 aromatic carbocycles. The number of carbonyl (C=O) groups excluding carboxylic acids is 2. The molecule has 33 heavy (non-hydrogen) atoms. The number of Topliss-reactive ketones (excluding diaryl/α,β-unsaturated/α-hetero) is 1. The molecule has 5 rings (SSSR count). The highest BCUT2D eigenvalue weighted by Crippen LogP contribution is 2.48. The van der Waals surface area contributed by atoms with Gasteiger partial charge < -0.3 is 20.1 Å². The lowest BCUT2D eigenvalue weighted by molar-refractivity contribution is -0.119. The second kappa shape index (κ2) is 8.19. The first-order valence-corrected chi connectivity index (χ1v) is 11.8. The van der Waals surface area contributed by atoms with Gasteiger partial charge in [-0.05, 0) is 42.3 Å². The molecule has 2 aliphatic rings. The summed E-state index contributed by atoms with van der Waals surface area (Å²) in [6, 6.07) is 13.2. The van der Waals surface area contributed by atoms with Gasteiger partial charge in [-0.3, -0.25) is 9.59 Å². The lowest BCUT2D eigenvalue weighted by Crippen LogP contribution is -2.39. The first kappa shape index (κ1) is 21.5. The largest absolute Gasteiger partial charge is 0.360 e. The maximum Gasteiger partial charge on any atom is 0.245 e. The lowest BCUT2D eigenvalue weighted by atomic mass is 9.74. The number of hydrogen-bond donors (Lipinski definition) is 2. The molecular weight excluding hydrogens is 436 g/mol.